The van der Waals surface area contributed by atoms with Gasteiger partial charge >= 0.3 is 0 Å². The molecule has 0 radical (unpaired) electrons. The zero-order valence-corrected chi connectivity index (χ0v) is 7.08. The maximum Gasteiger partial charge on any atom is 0.248 e. The summed E-state index contributed by atoms with van der Waals surface area (Å²) < 4.78 is 0. The Labute approximate surface area is 75.2 Å². The minimum Gasteiger partial charge on any atom is -0.326 e. The number of hydrogen-bond acceptors (Lipinski definition) is 2. The Hall–Kier alpha value is -1.61. The molecule has 2 rings (SSSR count). The molecule has 0 saturated heterocycles. The van der Waals surface area contributed by atoms with Crippen LogP contribution in [0.25, 0.3) is 10.9 Å². The molecule has 66 valence electrons. The van der Waals surface area contributed by atoms with Crippen molar-refractivity contribution in [2.24, 2.45) is 5.73 Å². The largest absolute Gasteiger partial charge is 0.326 e. The summed E-state index contributed by atoms with van der Waals surface area (Å²) in [5.41, 5.74) is 7.17. The van der Waals surface area contributed by atoms with Gasteiger partial charge in [0, 0.05) is 23.5 Å². The summed E-state index contributed by atoms with van der Waals surface area (Å²) in [6, 6.07) is 9.18. The summed E-state index contributed by atoms with van der Waals surface area (Å²) in [6.07, 6.45) is 0. The second-order valence-corrected chi connectivity index (χ2v) is 2.91. The van der Waals surface area contributed by atoms with Crippen molar-refractivity contribution in [1.82, 2.24) is 4.98 Å². The van der Waals surface area contributed by atoms with E-state index in [0.29, 0.717) is 6.54 Å². The van der Waals surface area contributed by atoms with Crippen molar-refractivity contribution in [2.75, 3.05) is 0 Å². The van der Waals surface area contributed by atoms with Crippen LogP contribution in [0.3, 0.4) is 0 Å². The van der Waals surface area contributed by atoms with E-state index >= 15 is 0 Å². The maximum absolute atomic E-state index is 11.2. The number of aromatic nitrogens is 1. The number of pyridine rings is 1. The van der Waals surface area contributed by atoms with Gasteiger partial charge in [0.15, 0.2) is 0 Å². The fourth-order valence-corrected chi connectivity index (χ4v) is 1.45. The number of benzene rings is 1. The van der Waals surface area contributed by atoms with Gasteiger partial charge in [-0.3, -0.25) is 4.79 Å². The minimum atomic E-state index is -0.0980. The molecule has 0 aliphatic carbocycles. The van der Waals surface area contributed by atoms with E-state index in [1.54, 1.807) is 6.07 Å². The molecule has 0 fully saturated rings. The molecule has 1 heterocycles. The first-order chi connectivity index (χ1) is 6.31. The lowest BCUT2D eigenvalue weighted by Gasteiger charge is -2.01. The number of H-pyrrole nitrogens is 1. The summed E-state index contributed by atoms with van der Waals surface area (Å²) in [4.78, 5) is 13.9. The topological polar surface area (TPSA) is 58.9 Å². The van der Waals surface area contributed by atoms with Gasteiger partial charge in [0.25, 0.3) is 0 Å². The van der Waals surface area contributed by atoms with Crippen LogP contribution >= 0.6 is 0 Å². The van der Waals surface area contributed by atoms with Crippen molar-refractivity contribution in [3.63, 3.8) is 0 Å². The molecule has 0 atom stereocenters. The van der Waals surface area contributed by atoms with Crippen molar-refractivity contribution >= 4 is 10.9 Å². The van der Waals surface area contributed by atoms with Gasteiger partial charge in [-0.2, -0.15) is 0 Å². The van der Waals surface area contributed by atoms with Gasteiger partial charge < -0.3 is 10.7 Å². The number of hydrogen-bond donors (Lipinski definition) is 2. The van der Waals surface area contributed by atoms with Gasteiger partial charge in [0.1, 0.15) is 0 Å². The second kappa shape index (κ2) is 3.03. The molecule has 1 aromatic carbocycles. The highest BCUT2D eigenvalue weighted by molar-refractivity contribution is 5.81. The molecular formula is C10H10N2O. The Balaban J connectivity index is 2.89. The molecule has 1 aromatic heterocycles. The van der Waals surface area contributed by atoms with Crippen LogP contribution in [0.15, 0.2) is 35.1 Å². The monoisotopic (exact) mass is 174 g/mol. The molecule has 0 spiro atoms. The number of para-hydroxylation sites is 1. The smallest absolute Gasteiger partial charge is 0.248 e. The molecule has 0 aliphatic heterocycles. The van der Waals surface area contributed by atoms with E-state index in [0.717, 1.165) is 16.5 Å². The highest BCUT2D eigenvalue weighted by Gasteiger charge is 1.99. The van der Waals surface area contributed by atoms with Gasteiger partial charge in [-0.1, -0.05) is 18.2 Å². The normalized spacial score (nSPS) is 10.5. The third kappa shape index (κ3) is 1.34. The van der Waals surface area contributed by atoms with Crippen LogP contribution < -0.4 is 11.3 Å². The van der Waals surface area contributed by atoms with E-state index in [2.05, 4.69) is 4.98 Å². The zero-order valence-electron chi connectivity index (χ0n) is 7.08. The van der Waals surface area contributed by atoms with E-state index in [1.807, 2.05) is 24.3 Å². The molecule has 0 unspecified atom stereocenters. The van der Waals surface area contributed by atoms with E-state index in [-0.39, 0.29) is 5.56 Å². The summed E-state index contributed by atoms with van der Waals surface area (Å²) in [6.45, 7) is 0.393. The molecule has 2 aromatic rings. The van der Waals surface area contributed by atoms with Crippen LogP contribution in [0.1, 0.15) is 5.56 Å². The second-order valence-electron chi connectivity index (χ2n) is 2.91. The molecule has 0 bridgehead atoms. The molecule has 3 heteroatoms. The quantitative estimate of drug-likeness (QED) is 0.677. The fourth-order valence-electron chi connectivity index (χ4n) is 1.45. The van der Waals surface area contributed by atoms with Crippen molar-refractivity contribution in [3.05, 3.63) is 46.2 Å². The van der Waals surface area contributed by atoms with Gasteiger partial charge in [0.2, 0.25) is 5.56 Å². The molecule has 0 saturated carbocycles. The van der Waals surface area contributed by atoms with E-state index in [9.17, 15) is 4.79 Å². The van der Waals surface area contributed by atoms with E-state index < -0.39 is 0 Å². The van der Waals surface area contributed by atoms with Crippen LogP contribution in [-0.2, 0) is 6.54 Å². The van der Waals surface area contributed by atoms with Crippen LogP contribution in [0.2, 0.25) is 0 Å². The highest BCUT2D eigenvalue weighted by atomic mass is 16.1. The number of aromatic amines is 1. The first-order valence-corrected chi connectivity index (χ1v) is 4.12. The predicted octanol–water partition coefficient (Wildman–Crippen LogP) is 0.987. The Morgan fingerprint density at radius 3 is 2.85 bits per heavy atom. The van der Waals surface area contributed by atoms with Gasteiger partial charge in [-0.25, -0.2) is 0 Å². The summed E-state index contributed by atoms with van der Waals surface area (Å²) in [5.74, 6) is 0. The van der Waals surface area contributed by atoms with E-state index in [4.69, 9.17) is 5.73 Å². The lowest BCUT2D eigenvalue weighted by molar-refractivity contribution is 1.07. The third-order valence-corrected chi connectivity index (χ3v) is 2.06. The molecule has 13 heavy (non-hydrogen) atoms. The Morgan fingerprint density at radius 1 is 1.31 bits per heavy atom. The van der Waals surface area contributed by atoms with Crippen LogP contribution in [0.4, 0.5) is 0 Å². The Bertz CT molecular complexity index is 487. The lowest BCUT2D eigenvalue weighted by atomic mass is 10.1. The number of rotatable bonds is 1. The molecule has 3 nitrogen and oxygen atoms in total. The fraction of sp³-hybridized carbons (Fsp3) is 0.100. The summed E-state index contributed by atoms with van der Waals surface area (Å²) in [5, 5.41) is 1.02. The minimum absolute atomic E-state index is 0.0980. The number of fused-ring (bicyclic) bond motifs is 1. The van der Waals surface area contributed by atoms with Crippen molar-refractivity contribution in [1.29, 1.82) is 0 Å². The van der Waals surface area contributed by atoms with Crippen LogP contribution in [0, 0.1) is 0 Å². The molecule has 0 amide bonds. The van der Waals surface area contributed by atoms with Crippen molar-refractivity contribution < 1.29 is 0 Å². The van der Waals surface area contributed by atoms with Crippen LogP contribution in [0.5, 0.6) is 0 Å². The zero-order chi connectivity index (χ0) is 9.26. The average molecular weight is 174 g/mol. The summed E-state index contributed by atoms with van der Waals surface area (Å²) >= 11 is 0. The number of nitrogens with one attached hydrogen (secondary N) is 1. The number of nitrogens with two attached hydrogens (primary N) is 1. The van der Waals surface area contributed by atoms with Crippen molar-refractivity contribution in [2.45, 2.75) is 6.54 Å². The summed E-state index contributed by atoms with van der Waals surface area (Å²) in [7, 11) is 0. The SMILES string of the molecule is NCc1cc(=O)[nH]c2ccccc12. The first kappa shape index (κ1) is 8.01. The van der Waals surface area contributed by atoms with Crippen molar-refractivity contribution in [3.8, 4) is 0 Å². The van der Waals surface area contributed by atoms with Gasteiger partial charge in [-0.05, 0) is 11.6 Å². The molecular weight excluding hydrogens is 164 g/mol. The Morgan fingerprint density at radius 2 is 2.08 bits per heavy atom. The van der Waals surface area contributed by atoms with Crippen LogP contribution in [-0.4, -0.2) is 4.98 Å². The third-order valence-electron chi connectivity index (χ3n) is 2.06. The standard InChI is InChI=1S/C10H10N2O/c11-6-7-5-10(13)12-9-4-2-1-3-8(7)9/h1-5H,6,11H2,(H,12,13). The molecule has 3 N–H and O–H groups in total. The first-order valence-electron chi connectivity index (χ1n) is 4.12. The highest BCUT2D eigenvalue weighted by Crippen LogP contribution is 2.13. The van der Waals surface area contributed by atoms with Gasteiger partial charge in [0.05, 0.1) is 0 Å². The lowest BCUT2D eigenvalue weighted by Crippen LogP contribution is -2.08. The van der Waals surface area contributed by atoms with E-state index in [1.165, 1.54) is 0 Å². The predicted molar refractivity (Wildman–Crippen MR) is 52.5 cm³/mol. The molecule has 0 aliphatic rings. The average Bonchev–Trinajstić information content (AvgIpc) is 2.16. The maximum atomic E-state index is 11.2. The Kier molecular flexibility index (Phi) is 1.87. The van der Waals surface area contributed by atoms with Gasteiger partial charge in [-0.15, -0.1) is 0 Å².